The Morgan fingerprint density at radius 1 is 1.31 bits per heavy atom. The van der Waals surface area contributed by atoms with Crippen molar-refractivity contribution in [3.05, 3.63) is 21.7 Å². The maximum absolute atomic E-state index is 9.73. The summed E-state index contributed by atoms with van der Waals surface area (Å²) in [6.45, 7) is 3.77. The van der Waals surface area contributed by atoms with Gasteiger partial charge < -0.3 is 14.6 Å². The summed E-state index contributed by atoms with van der Waals surface area (Å²) in [5.74, 6) is 1.36. The molecule has 3 nitrogen and oxygen atoms in total. The van der Waals surface area contributed by atoms with Gasteiger partial charge in [-0.3, -0.25) is 0 Å². The lowest BCUT2D eigenvalue weighted by molar-refractivity contribution is 0.197. The number of hydrogen-bond donors (Lipinski definition) is 1. The van der Waals surface area contributed by atoms with Crippen LogP contribution in [0, 0.1) is 0 Å². The molecule has 1 aromatic carbocycles. The van der Waals surface area contributed by atoms with Gasteiger partial charge in [0.25, 0.3) is 0 Å². The molecule has 0 aliphatic carbocycles. The van der Waals surface area contributed by atoms with E-state index in [0.717, 1.165) is 22.0 Å². The van der Waals surface area contributed by atoms with E-state index in [-0.39, 0.29) is 0 Å². The highest BCUT2D eigenvalue weighted by Crippen LogP contribution is 2.42. The van der Waals surface area contributed by atoms with E-state index in [2.05, 4.69) is 15.9 Å². The summed E-state index contributed by atoms with van der Waals surface area (Å²) in [5.41, 5.74) is 1.85. The zero-order valence-corrected chi connectivity index (χ0v) is 11.6. The molecule has 1 atom stereocenters. The smallest absolute Gasteiger partial charge is 0.175 e. The summed E-state index contributed by atoms with van der Waals surface area (Å²) in [4.78, 5) is 0. The van der Waals surface area contributed by atoms with Crippen molar-refractivity contribution >= 4 is 15.9 Å². The minimum Gasteiger partial charge on any atom is -0.493 e. The first-order valence-electron chi connectivity index (χ1n) is 5.18. The fourth-order valence-electron chi connectivity index (χ4n) is 1.81. The number of aliphatic hydroxyl groups is 1. The van der Waals surface area contributed by atoms with E-state index >= 15 is 0 Å². The highest BCUT2D eigenvalue weighted by atomic mass is 79.9. The van der Waals surface area contributed by atoms with E-state index in [1.807, 2.05) is 13.0 Å². The molecule has 4 heteroatoms. The highest BCUT2D eigenvalue weighted by Gasteiger charge is 2.19. The zero-order valence-electron chi connectivity index (χ0n) is 10.0. The first kappa shape index (κ1) is 13.3. The largest absolute Gasteiger partial charge is 0.493 e. The highest BCUT2D eigenvalue weighted by molar-refractivity contribution is 9.10. The molecule has 0 aliphatic rings. The third-order valence-corrected chi connectivity index (χ3v) is 3.13. The van der Waals surface area contributed by atoms with Crippen LogP contribution in [0.15, 0.2) is 10.5 Å². The molecule has 0 spiro atoms. The maximum atomic E-state index is 9.73. The second-order valence-electron chi connectivity index (χ2n) is 3.52. The SMILES string of the molecule is CCc1c(C(C)O)cc(Br)c(OC)c1OC. The predicted octanol–water partition coefficient (Wildman–Crippen LogP) is 3.08. The topological polar surface area (TPSA) is 38.7 Å². The number of hydrogen-bond acceptors (Lipinski definition) is 3. The zero-order chi connectivity index (χ0) is 12.3. The average molecular weight is 289 g/mol. The molecular formula is C12H17BrO3. The normalized spacial score (nSPS) is 12.4. The van der Waals surface area contributed by atoms with Crippen LogP contribution >= 0.6 is 15.9 Å². The fraction of sp³-hybridized carbons (Fsp3) is 0.500. The second kappa shape index (κ2) is 5.55. The molecule has 0 radical (unpaired) electrons. The van der Waals surface area contributed by atoms with Crippen LogP contribution in [0.2, 0.25) is 0 Å². The van der Waals surface area contributed by atoms with Crippen molar-refractivity contribution in [1.82, 2.24) is 0 Å². The molecule has 0 amide bonds. The van der Waals surface area contributed by atoms with Crippen molar-refractivity contribution in [3.63, 3.8) is 0 Å². The van der Waals surface area contributed by atoms with Gasteiger partial charge >= 0.3 is 0 Å². The molecule has 90 valence electrons. The van der Waals surface area contributed by atoms with Crippen LogP contribution in [0.25, 0.3) is 0 Å². The van der Waals surface area contributed by atoms with Gasteiger partial charge in [-0.25, -0.2) is 0 Å². The van der Waals surface area contributed by atoms with Crippen LogP contribution in [0.5, 0.6) is 11.5 Å². The third kappa shape index (κ3) is 2.33. The van der Waals surface area contributed by atoms with E-state index in [1.54, 1.807) is 21.1 Å². The van der Waals surface area contributed by atoms with Gasteiger partial charge in [-0.15, -0.1) is 0 Å². The molecule has 0 saturated heterocycles. The van der Waals surface area contributed by atoms with Gasteiger partial charge in [-0.05, 0) is 40.9 Å². The Morgan fingerprint density at radius 3 is 2.25 bits per heavy atom. The summed E-state index contributed by atoms with van der Waals surface area (Å²) < 4.78 is 11.4. The van der Waals surface area contributed by atoms with E-state index in [4.69, 9.17) is 9.47 Å². The Kier molecular flexibility index (Phi) is 4.62. The molecule has 0 aromatic heterocycles. The van der Waals surface area contributed by atoms with Crippen molar-refractivity contribution in [2.75, 3.05) is 14.2 Å². The van der Waals surface area contributed by atoms with Gasteiger partial charge in [-0.1, -0.05) is 6.92 Å². The quantitative estimate of drug-likeness (QED) is 0.925. The summed E-state index contributed by atoms with van der Waals surface area (Å²) in [7, 11) is 3.21. The lowest BCUT2D eigenvalue weighted by atomic mass is 9.99. The summed E-state index contributed by atoms with van der Waals surface area (Å²) in [6, 6.07) is 1.88. The standard InChI is InChI=1S/C12H17BrO3/c1-5-8-9(7(2)14)6-10(13)12(16-4)11(8)15-3/h6-7,14H,5H2,1-4H3. The predicted molar refractivity (Wildman–Crippen MR) is 67.3 cm³/mol. The molecule has 1 aromatic rings. The Labute approximate surface area is 105 Å². The number of rotatable bonds is 4. The molecule has 0 saturated carbocycles. The number of ether oxygens (including phenoxy) is 2. The maximum Gasteiger partial charge on any atom is 0.175 e. The molecule has 1 rings (SSSR count). The Morgan fingerprint density at radius 2 is 1.88 bits per heavy atom. The first-order valence-corrected chi connectivity index (χ1v) is 5.97. The van der Waals surface area contributed by atoms with Gasteiger partial charge in [0.15, 0.2) is 11.5 Å². The van der Waals surface area contributed by atoms with Crippen molar-refractivity contribution < 1.29 is 14.6 Å². The van der Waals surface area contributed by atoms with Gasteiger partial charge in [0.1, 0.15) is 0 Å². The molecule has 0 fully saturated rings. The van der Waals surface area contributed by atoms with Crippen molar-refractivity contribution in [2.24, 2.45) is 0 Å². The number of methoxy groups -OCH3 is 2. The minimum absolute atomic E-state index is 0.522. The molecular weight excluding hydrogens is 272 g/mol. The number of benzene rings is 1. The van der Waals surface area contributed by atoms with Gasteiger partial charge in [0.2, 0.25) is 0 Å². The number of halogens is 1. The molecule has 16 heavy (non-hydrogen) atoms. The van der Waals surface area contributed by atoms with E-state index in [1.165, 1.54) is 0 Å². The molecule has 0 aliphatic heterocycles. The van der Waals surface area contributed by atoms with E-state index < -0.39 is 6.10 Å². The summed E-state index contributed by atoms with van der Waals surface area (Å²) in [6.07, 6.45) is 0.263. The van der Waals surface area contributed by atoms with Crippen molar-refractivity contribution in [2.45, 2.75) is 26.4 Å². The van der Waals surface area contributed by atoms with Gasteiger partial charge in [0.05, 0.1) is 24.8 Å². The van der Waals surface area contributed by atoms with E-state index in [9.17, 15) is 5.11 Å². The summed E-state index contributed by atoms with van der Waals surface area (Å²) in [5, 5.41) is 9.73. The average Bonchev–Trinajstić information content (AvgIpc) is 2.27. The molecule has 0 heterocycles. The van der Waals surface area contributed by atoms with Crippen LogP contribution in [0.3, 0.4) is 0 Å². The van der Waals surface area contributed by atoms with Crippen LogP contribution < -0.4 is 9.47 Å². The third-order valence-electron chi connectivity index (χ3n) is 2.54. The van der Waals surface area contributed by atoms with E-state index in [0.29, 0.717) is 11.5 Å². The fourth-order valence-corrected chi connectivity index (χ4v) is 2.40. The second-order valence-corrected chi connectivity index (χ2v) is 4.38. The Hall–Kier alpha value is -0.740. The van der Waals surface area contributed by atoms with Crippen LogP contribution in [0.1, 0.15) is 31.1 Å². The lowest BCUT2D eigenvalue weighted by Gasteiger charge is -2.19. The van der Waals surface area contributed by atoms with Crippen molar-refractivity contribution in [1.29, 1.82) is 0 Å². The lowest BCUT2D eigenvalue weighted by Crippen LogP contribution is -2.03. The Balaban J connectivity index is 3.50. The van der Waals surface area contributed by atoms with Crippen LogP contribution in [-0.2, 0) is 6.42 Å². The Bertz CT molecular complexity index is 375. The minimum atomic E-state index is -0.522. The molecule has 1 N–H and O–H groups in total. The van der Waals surface area contributed by atoms with Crippen molar-refractivity contribution in [3.8, 4) is 11.5 Å². The monoisotopic (exact) mass is 288 g/mol. The summed E-state index contributed by atoms with van der Waals surface area (Å²) >= 11 is 3.41. The van der Waals surface area contributed by atoms with Gasteiger partial charge in [-0.2, -0.15) is 0 Å². The van der Waals surface area contributed by atoms with Gasteiger partial charge in [0, 0.05) is 5.56 Å². The van der Waals surface area contributed by atoms with Crippen LogP contribution in [0.4, 0.5) is 0 Å². The molecule has 0 bridgehead atoms. The first-order chi connectivity index (χ1) is 7.56. The number of aliphatic hydroxyl groups excluding tert-OH is 1. The molecule has 1 unspecified atom stereocenters. The van der Waals surface area contributed by atoms with Crippen LogP contribution in [-0.4, -0.2) is 19.3 Å².